The first-order chi connectivity index (χ1) is 15.0. The maximum atomic E-state index is 11.2. The third-order valence-corrected chi connectivity index (χ3v) is 6.74. The van der Waals surface area contributed by atoms with Crippen LogP contribution in [-0.4, -0.2) is 17.7 Å². The van der Waals surface area contributed by atoms with E-state index in [1.807, 2.05) is 6.92 Å². The van der Waals surface area contributed by atoms with Crippen molar-refractivity contribution in [3.8, 4) is 16.9 Å². The van der Waals surface area contributed by atoms with Crippen LogP contribution in [0, 0.1) is 5.92 Å². The summed E-state index contributed by atoms with van der Waals surface area (Å²) in [5.74, 6) is 0.463. The first-order valence-electron chi connectivity index (χ1n) is 11.3. The van der Waals surface area contributed by atoms with E-state index in [1.165, 1.54) is 17.2 Å². The summed E-state index contributed by atoms with van der Waals surface area (Å²) in [6.45, 7) is 15.7. The van der Waals surface area contributed by atoms with E-state index in [9.17, 15) is 4.79 Å². The molecule has 4 heteroatoms. The van der Waals surface area contributed by atoms with Crippen LogP contribution in [0.4, 0.5) is 0 Å². The summed E-state index contributed by atoms with van der Waals surface area (Å²) in [5, 5.41) is 10.3. The topological polar surface area (TPSA) is 46.5 Å². The SMILES string of the molecule is CCc1cc(-c2cccc3sc(/C(C)=C/C(=O)O)cc23)c(OCC(C)C)c(C(C)(C)C)c1. The van der Waals surface area contributed by atoms with Gasteiger partial charge in [0.2, 0.25) is 0 Å². The number of carboxylic acid groups (broad SMARTS) is 1. The van der Waals surface area contributed by atoms with Crippen molar-refractivity contribution >= 4 is 33.0 Å². The predicted octanol–water partition coefficient (Wildman–Crippen LogP) is 7.95. The largest absolute Gasteiger partial charge is 0.492 e. The first kappa shape index (κ1) is 24.1. The first-order valence-corrected chi connectivity index (χ1v) is 12.1. The van der Waals surface area contributed by atoms with Crippen molar-refractivity contribution in [1.29, 1.82) is 0 Å². The normalized spacial score (nSPS) is 12.6. The lowest BCUT2D eigenvalue weighted by atomic mass is 9.82. The standard InChI is InChI=1S/C28H34O3S/c1-8-19-13-22(27(31-16-17(2)3)23(14-19)28(5,6)7)20-10-9-11-24-21(20)15-25(32-24)18(4)12-26(29)30/h9-15,17H,8,16H2,1-7H3,(H,29,30)/b18-12+. The second kappa shape index (κ2) is 9.50. The Morgan fingerprint density at radius 3 is 2.47 bits per heavy atom. The number of ether oxygens (including phenoxy) is 1. The molecule has 0 bridgehead atoms. The molecule has 1 heterocycles. The maximum Gasteiger partial charge on any atom is 0.328 e. The van der Waals surface area contributed by atoms with E-state index in [1.54, 1.807) is 11.3 Å². The number of aliphatic carboxylic acids is 1. The van der Waals surface area contributed by atoms with Crippen molar-refractivity contribution in [2.45, 2.75) is 60.3 Å². The fourth-order valence-corrected chi connectivity index (χ4v) is 4.86. The lowest BCUT2D eigenvalue weighted by Crippen LogP contribution is -2.16. The zero-order valence-corrected chi connectivity index (χ0v) is 21.0. The Balaban J connectivity index is 2.30. The molecule has 3 rings (SSSR count). The Hall–Kier alpha value is -2.59. The van der Waals surface area contributed by atoms with Crippen LogP contribution in [0.1, 0.15) is 64.5 Å². The van der Waals surface area contributed by atoms with E-state index in [-0.39, 0.29) is 5.41 Å². The summed E-state index contributed by atoms with van der Waals surface area (Å²) in [5.41, 5.74) is 5.47. The van der Waals surface area contributed by atoms with Crippen molar-refractivity contribution in [3.63, 3.8) is 0 Å². The van der Waals surface area contributed by atoms with Gasteiger partial charge in [-0.1, -0.05) is 59.7 Å². The number of hydrogen-bond donors (Lipinski definition) is 1. The third kappa shape index (κ3) is 5.24. The Bertz CT molecular complexity index is 1160. The van der Waals surface area contributed by atoms with Gasteiger partial charge in [-0.2, -0.15) is 0 Å². The molecule has 0 fully saturated rings. The Kier molecular flexibility index (Phi) is 7.14. The highest BCUT2D eigenvalue weighted by molar-refractivity contribution is 7.20. The lowest BCUT2D eigenvalue weighted by molar-refractivity contribution is -0.131. The molecule has 32 heavy (non-hydrogen) atoms. The van der Waals surface area contributed by atoms with Crippen LogP contribution < -0.4 is 4.74 Å². The summed E-state index contributed by atoms with van der Waals surface area (Å²) < 4.78 is 7.62. The molecule has 2 aromatic carbocycles. The number of carboxylic acids is 1. The number of thiophene rings is 1. The van der Waals surface area contributed by atoms with Crippen molar-refractivity contribution in [1.82, 2.24) is 0 Å². The summed E-state index contributed by atoms with van der Waals surface area (Å²) in [4.78, 5) is 12.1. The Morgan fingerprint density at radius 2 is 1.88 bits per heavy atom. The summed E-state index contributed by atoms with van der Waals surface area (Å²) in [6, 6.07) is 13.0. The number of hydrogen-bond acceptors (Lipinski definition) is 3. The number of allylic oxidation sites excluding steroid dienone is 1. The molecule has 0 saturated heterocycles. The highest BCUT2D eigenvalue weighted by Gasteiger charge is 2.24. The van der Waals surface area contributed by atoms with Gasteiger partial charge in [0.25, 0.3) is 0 Å². The lowest BCUT2D eigenvalue weighted by Gasteiger charge is -2.27. The molecule has 0 amide bonds. The van der Waals surface area contributed by atoms with Crippen molar-refractivity contribution in [2.75, 3.05) is 6.61 Å². The van der Waals surface area contributed by atoms with Crippen LogP contribution in [0.3, 0.4) is 0 Å². The number of benzene rings is 2. The van der Waals surface area contributed by atoms with E-state index < -0.39 is 5.97 Å². The molecule has 0 saturated carbocycles. The molecular weight excluding hydrogens is 416 g/mol. The number of aryl methyl sites for hydroxylation is 1. The molecule has 0 aliphatic carbocycles. The molecule has 0 unspecified atom stereocenters. The van der Waals surface area contributed by atoms with Crippen molar-refractivity contribution in [2.24, 2.45) is 5.92 Å². The quantitative estimate of drug-likeness (QED) is 0.371. The van der Waals surface area contributed by atoms with E-state index in [4.69, 9.17) is 9.84 Å². The average Bonchev–Trinajstić information content (AvgIpc) is 3.15. The van der Waals surface area contributed by atoms with Crippen LogP contribution in [0.2, 0.25) is 0 Å². The van der Waals surface area contributed by atoms with Crippen molar-refractivity contribution in [3.05, 3.63) is 58.5 Å². The van der Waals surface area contributed by atoms with Gasteiger partial charge in [0.15, 0.2) is 0 Å². The molecule has 3 nitrogen and oxygen atoms in total. The molecule has 0 aliphatic heterocycles. The molecule has 0 spiro atoms. The molecule has 0 aliphatic rings. The van der Waals surface area contributed by atoms with Gasteiger partial charge in [0.1, 0.15) is 5.75 Å². The minimum absolute atomic E-state index is 0.0548. The van der Waals surface area contributed by atoms with Gasteiger partial charge >= 0.3 is 5.97 Å². The van der Waals surface area contributed by atoms with Crippen LogP contribution >= 0.6 is 11.3 Å². The van der Waals surface area contributed by atoms with Gasteiger partial charge in [-0.05, 0) is 59.6 Å². The van der Waals surface area contributed by atoms with Gasteiger partial charge in [-0.3, -0.25) is 0 Å². The average molecular weight is 451 g/mol. The highest BCUT2D eigenvalue weighted by Crippen LogP contribution is 2.44. The molecule has 3 aromatic rings. The van der Waals surface area contributed by atoms with Gasteiger partial charge in [0.05, 0.1) is 6.61 Å². The second-order valence-electron chi connectivity index (χ2n) is 9.82. The minimum atomic E-state index is -0.921. The smallest absolute Gasteiger partial charge is 0.328 e. The van der Waals surface area contributed by atoms with Crippen LogP contribution in [0.25, 0.3) is 26.8 Å². The van der Waals surface area contributed by atoms with Gasteiger partial charge in [0, 0.05) is 32.2 Å². The van der Waals surface area contributed by atoms with E-state index in [0.29, 0.717) is 12.5 Å². The summed E-state index contributed by atoms with van der Waals surface area (Å²) in [7, 11) is 0. The molecular formula is C28H34O3S. The fraction of sp³-hybridized carbons (Fsp3) is 0.393. The zero-order valence-electron chi connectivity index (χ0n) is 20.2. The number of rotatable bonds is 7. The molecule has 1 N–H and O–H groups in total. The molecule has 170 valence electrons. The van der Waals surface area contributed by atoms with Crippen LogP contribution in [0.15, 0.2) is 42.5 Å². The monoisotopic (exact) mass is 450 g/mol. The molecule has 0 atom stereocenters. The maximum absolute atomic E-state index is 11.2. The minimum Gasteiger partial charge on any atom is -0.492 e. The second-order valence-corrected chi connectivity index (χ2v) is 10.9. The predicted molar refractivity (Wildman–Crippen MR) is 137 cm³/mol. The Morgan fingerprint density at radius 1 is 1.16 bits per heavy atom. The molecule has 0 radical (unpaired) electrons. The van der Waals surface area contributed by atoms with Gasteiger partial charge < -0.3 is 9.84 Å². The fourth-order valence-electron chi connectivity index (χ4n) is 3.80. The summed E-state index contributed by atoms with van der Waals surface area (Å²) in [6.07, 6.45) is 2.23. The van der Waals surface area contributed by atoms with Crippen LogP contribution in [0.5, 0.6) is 5.75 Å². The zero-order chi connectivity index (χ0) is 23.6. The Labute approximate surface area is 195 Å². The van der Waals surface area contributed by atoms with E-state index in [2.05, 4.69) is 77.9 Å². The van der Waals surface area contributed by atoms with Crippen molar-refractivity contribution < 1.29 is 14.6 Å². The third-order valence-electron chi connectivity index (χ3n) is 5.51. The van der Waals surface area contributed by atoms with Crippen LogP contribution in [-0.2, 0) is 16.6 Å². The van der Waals surface area contributed by atoms with E-state index in [0.717, 1.165) is 43.8 Å². The number of fused-ring (bicyclic) bond motifs is 1. The molecule has 1 aromatic heterocycles. The van der Waals surface area contributed by atoms with Gasteiger partial charge in [-0.15, -0.1) is 11.3 Å². The number of carbonyl (C=O) groups is 1. The summed E-state index contributed by atoms with van der Waals surface area (Å²) >= 11 is 1.63. The van der Waals surface area contributed by atoms with Gasteiger partial charge in [-0.25, -0.2) is 4.79 Å². The van der Waals surface area contributed by atoms with E-state index >= 15 is 0 Å². The highest BCUT2D eigenvalue weighted by atomic mass is 32.1.